The van der Waals surface area contributed by atoms with Gasteiger partial charge in [-0.2, -0.15) is 5.26 Å². The predicted molar refractivity (Wildman–Crippen MR) is 87.3 cm³/mol. The number of nitriles is 1. The van der Waals surface area contributed by atoms with E-state index in [4.69, 9.17) is 11.6 Å². The summed E-state index contributed by atoms with van der Waals surface area (Å²) in [6, 6.07) is 6.09. The predicted octanol–water partition coefficient (Wildman–Crippen LogP) is 3.85. The van der Waals surface area contributed by atoms with E-state index in [1.54, 1.807) is 19.3 Å². The second kappa shape index (κ2) is 6.95. The number of halogens is 2. The van der Waals surface area contributed by atoms with Crippen LogP contribution in [0.4, 0.5) is 10.1 Å². The molecule has 0 aromatic heterocycles. The lowest BCUT2D eigenvalue weighted by Gasteiger charge is -2.23. The molecule has 0 saturated heterocycles. The fraction of sp³-hybridized carbons (Fsp3) is 0.267. The van der Waals surface area contributed by atoms with Crippen LogP contribution in [0.3, 0.4) is 0 Å². The monoisotopic (exact) mass is 337 g/mol. The van der Waals surface area contributed by atoms with Crippen LogP contribution in [-0.4, -0.2) is 17.2 Å². The van der Waals surface area contributed by atoms with Crippen molar-refractivity contribution in [3.63, 3.8) is 0 Å². The van der Waals surface area contributed by atoms with Gasteiger partial charge in [0.1, 0.15) is 11.7 Å². The largest absolute Gasteiger partial charge is 0.323 e. The second-order valence-corrected chi connectivity index (χ2v) is 5.97. The highest BCUT2D eigenvalue weighted by molar-refractivity contribution is 8.13. The third kappa shape index (κ3) is 3.49. The molecule has 22 heavy (non-hydrogen) atoms. The third-order valence-corrected chi connectivity index (χ3v) is 4.17. The van der Waals surface area contributed by atoms with E-state index in [1.165, 1.54) is 23.9 Å². The number of anilines is 1. The van der Waals surface area contributed by atoms with Crippen molar-refractivity contribution in [3.8, 4) is 6.07 Å². The molecule has 2 atom stereocenters. The number of carbonyl (C=O) groups excluding carboxylic acids is 1. The molecule has 1 aromatic carbocycles. The molecule has 0 radical (unpaired) electrons. The molecule has 1 amide bonds. The zero-order valence-electron chi connectivity index (χ0n) is 11.9. The number of nitrogens with zero attached hydrogens (tertiary/aromatic N) is 2. The minimum absolute atomic E-state index is 0.0327. The molecule has 0 saturated carbocycles. The topological polar surface area (TPSA) is 65.2 Å². The third-order valence-electron chi connectivity index (χ3n) is 3.17. The van der Waals surface area contributed by atoms with Crippen molar-refractivity contribution in [2.75, 3.05) is 11.6 Å². The van der Waals surface area contributed by atoms with E-state index in [1.807, 2.05) is 0 Å². The Bertz CT molecular complexity index is 711. The first-order chi connectivity index (χ1) is 10.5. The Morgan fingerprint density at radius 3 is 2.86 bits per heavy atom. The highest BCUT2D eigenvalue weighted by atomic mass is 35.5. The molecule has 4 nitrogen and oxygen atoms in total. The highest BCUT2D eigenvalue weighted by Crippen LogP contribution is 2.29. The molecule has 2 unspecified atom stereocenters. The van der Waals surface area contributed by atoms with Gasteiger partial charge in [-0.05, 0) is 37.5 Å². The van der Waals surface area contributed by atoms with Crippen LogP contribution in [0.2, 0.25) is 5.02 Å². The van der Waals surface area contributed by atoms with Gasteiger partial charge in [0.05, 0.1) is 22.7 Å². The number of amides is 1. The maximum Gasteiger partial charge on any atom is 0.233 e. The zero-order valence-corrected chi connectivity index (χ0v) is 13.5. The van der Waals surface area contributed by atoms with Crippen LogP contribution in [0.25, 0.3) is 0 Å². The lowest BCUT2D eigenvalue weighted by Crippen LogP contribution is -2.33. The summed E-state index contributed by atoms with van der Waals surface area (Å²) in [7, 11) is 0. The van der Waals surface area contributed by atoms with Gasteiger partial charge in [-0.3, -0.25) is 9.79 Å². The summed E-state index contributed by atoms with van der Waals surface area (Å²) in [6.45, 7) is 1.76. The van der Waals surface area contributed by atoms with E-state index in [9.17, 15) is 14.4 Å². The number of benzene rings is 1. The zero-order chi connectivity index (χ0) is 16.3. The van der Waals surface area contributed by atoms with Gasteiger partial charge in [0.2, 0.25) is 5.91 Å². The summed E-state index contributed by atoms with van der Waals surface area (Å²) in [4.78, 5) is 16.7. The maximum atomic E-state index is 13.8. The van der Waals surface area contributed by atoms with Gasteiger partial charge in [0.25, 0.3) is 0 Å². The molecule has 0 spiro atoms. The summed E-state index contributed by atoms with van der Waals surface area (Å²) in [5, 5.41) is 12.6. The van der Waals surface area contributed by atoms with Crippen molar-refractivity contribution in [2.24, 2.45) is 16.8 Å². The average Bonchev–Trinajstić information content (AvgIpc) is 2.48. The van der Waals surface area contributed by atoms with E-state index in [0.717, 1.165) is 6.07 Å². The summed E-state index contributed by atoms with van der Waals surface area (Å²) in [5.74, 6) is -2.45. The minimum Gasteiger partial charge on any atom is -0.323 e. The van der Waals surface area contributed by atoms with Gasteiger partial charge in [0, 0.05) is 10.7 Å². The molecule has 0 fully saturated rings. The Morgan fingerprint density at radius 2 is 2.27 bits per heavy atom. The van der Waals surface area contributed by atoms with Gasteiger partial charge in [-0.1, -0.05) is 11.6 Å². The number of nitrogens with one attached hydrogen (secondary N) is 1. The van der Waals surface area contributed by atoms with Crippen molar-refractivity contribution in [2.45, 2.75) is 6.92 Å². The van der Waals surface area contributed by atoms with Crippen LogP contribution in [0.5, 0.6) is 0 Å². The van der Waals surface area contributed by atoms with Crippen molar-refractivity contribution < 1.29 is 9.18 Å². The molecule has 1 aromatic rings. The van der Waals surface area contributed by atoms with Crippen LogP contribution in [0, 0.1) is 29.0 Å². The molecule has 7 heteroatoms. The molecule has 1 aliphatic rings. The number of allylic oxidation sites excluding steroid dienone is 1. The Kier molecular flexibility index (Phi) is 5.22. The van der Waals surface area contributed by atoms with E-state index in [2.05, 4.69) is 16.4 Å². The molecule has 2 rings (SSSR count). The number of carbonyl (C=O) groups is 1. The SMILES string of the molecule is CSC1=NC(C)=CC(C(=O)Nc2ccc(Cl)cc2F)C1C#N. The van der Waals surface area contributed by atoms with E-state index < -0.39 is 23.6 Å². The first kappa shape index (κ1) is 16.5. The van der Waals surface area contributed by atoms with Crippen LogP contribution in [0.1, 0.15) is 6.92 Å². The molecule has 1 N–H and O–H groups in total. The first-order valence-corrected chi connectivity index (χ1v) is 8.03. The maximum absolute atomic E-state index is 13.8. The number of aliphatic imine (C=N–C) groups is 1. The number of hydrogen-bond donors (Lipinski definition) is 1. The van der Waals surface area contributed by atoms with Crippen LogP contribution in [0.15, 0.2) is 35.0 Å². The van der Waals surface area contributed by atoms with E-state index >= 15 is 0 Å². The number of hydrogen-bond acceptors (Lipinski definition) is 4. The lowest BCUT2D eigenvalue weighted by atomic mass is 9.90. The molecule has 0 bridgehead atoms. The summed E-state index contributed by atoms with van der Waals surface area (Å²) < 4.78 is 13.8. The van der Waals surface area contributed by atoms with Crippen LogP contribution >= 0.6 is 23.4 Å². The van der Waals surface area contributed by atoms with Gasteiger partial charge >= 0.3 is 0 Å². The quantitative estimate of drug-likeness (QED) is 0.891. The van der Waals surface area contributed by atoms with Crippen molar-refractivity contribution in [1.29, 1.82) is 5.26 Å². The molecular formula is C15H13ClFN3OS. The smallest absolute Gasteiger partial charge is 0.233 e. The Balaban J connectivity index is 2.25. The number of rotatable bonds is 2. The highest BCUT2D eigenvalue weighted by Gasteiger charge is 2.33. The van der Waals surface area contributed by atoms with Gasteiger partial charge in [-0.15, -0.1) is 11.8 Å². The summed E-state index contributed by atoms with van der Waals surface area (Å²) >= 11 is 7.01. The molecule has 0 aliphatic carbocycles. The minimum atomic E-state index is -0.708. The Hall–Kier alpha value is -1.84. The van der Waals surface area contributed by atoms with Gasteiger partial charge < -0.3 is 5.32 Å². The summed E-state index contributed by atoms with van der Waals surface area (Å²) in [6.07, 6.45) is 3.42. The lowest BCUT2D eigenvalue weighted by molar-refractivity contribution is -0.119. The van der Waals surface area contributed by atoms with Gasteiger partial charge in [-0.25, -0.2) is 4.39 Å². The standard InChI is InChI=1S/C15H13ClFN3OS/c1-8-5-10(11(7-18)15(19-8)22-2)14(21)20-13-4-3-9(16)6-12(13)17/h3-6,10-11H,1-2H3,(H,20,21). The summed E-state index contributed by atoms with van der Waals surface area (Å²) in [5.41, 5.74) is 0.693. The molecular weight excluding hydrogens is 325 g/mol. The normalized spacial score (nSPS) is 20.7. The molecule has 114 valence electrons. The van der Waals surface area contributed by atoms with E-state index in [-0.39, 0.29) is 10.7 Å². The molecule has 1 heterocycles. The Labute approximate surface area is 137 Å². The average molecular weight is 338 g/mol. The van der Waals surface area contributed by atoms with Gasteiger partial charge in [0.15, 0.2) is 0 Å². The Morgan fingerprint density at radius 1 is 1.55 bits per heavy atom. The fourth-order valence-electron chi connectivity index (χ4n) is 2.13. The van der Waals surface area contributed by atoms with Crippen molar-refractivity contribution in [3.05, 3.63) is 40.8 Å². The van der Waals surface area contributed by atoms with Crippen molar-refractivity contribution in [1.82, 2.24) is 0 Å². The van der Waals surface area contributed by atoms with Crippen LogP contribution in [-0.2, 0) is 4.79 Å². The van der Waals surface area contributed by atoms with Crippen LogP contribution < -0.4 is 5.32 Å². The number of thioether (sulfide) groups is 1. The van der Waals surface area contributed by atoms with E-state index in [0.29, 0.717) is 10.7 Å². The fourth-order valence-corrected chi connectivity index (χ4v) is 2.98. The van der Waals surface area contributed by atoms with Crippen molar-refractivity contribution >= 4 is 40.0 Å². The first-order valence-electron chi connectivity index (χ1n) is 6.42. The second-order valence-electron chi connectivity index (χ2n) is 4.71. The molecule has 1 aliphatic heterocycles.